The van der Waals surface area contributed by atoms with Gasteiger partial charge in [0.2, 0.25) is 0 Å². The Bertz CT molecular complexity index is 647. The van der Waals surface area contributed by atoms with E-state index in [2.05, 4.69) is 45.0 Å². The van der Waals surface area contributed by atoms with Gasteiger partial charge in [-0.2, -0.15) is 0 Å². The van der Waals surface area contributed by atoms with Gasteiger partial charge in [0.25, 0.3) is 0 Å². The number of hydrogen-bond donors (Lipinski definition) is 1. The van der Waals surface area contributed by atoms with E-state index >= 15 is 0 Å². The van der Waals surface area contributed by atoms with Crippen molar-refractivity contribution in [3.05, 3.63) is 59.7 Å². The first-order valence-corrected chi connectivity index (χ1v) is 7.81. The highest BCUT2D eigenvalue weighted by atomic mass is 32.2. The molecule has 0 amide bonds. The van der Waals surface area contributed by atoms with Gasteiger partial charge in [0, 0.05) is 15.2 Å². The maximum atomic E-state index is 10.2. The van der Waals surface area contributed by atoms with Crippen LogP contribution in [0.1, 0.15) is 38.3 Å². The molecule has 0 aliphatic carbocycles. The second kappa shape index (κ2) is 4.56. The van der Waals surface area contributed by atoms with Gasteiger partial charge in [0.1, 0.15) is 5.75 Å². The van der Waals surface area contributed by atoms with Gasteiger partial charge in [0.15, 0.2) is 0 Å². The number of aromatic hydroxyl groups is 1. The number of phenols is 1. The molecule has 1 atom stereocenters. The fourth-order valence-corrected chi connectivity index (χ4v) is 5.20. The predicted octanol–water partition coefficient (Wildman–Crippen LogP) is 5.08. The highest BCUT2D eigenvalue weighted by Gasteiger charge is 2.42. The quantitative estimate of drug-likeness (QED) is 0.788. The molecular formula is C18H20OS. The van der Waals surface area contributed by atoms with E-state index in [1.807, 2.05) is 30.0 Å². The van der Waals surface area contributed by atoms with E-state index in [1.54, 1.807) is 6.07 Å². The Balaban J connectivity index is 2.13. The first kappa shape index (κ1) is 13.6. The number of phenolic OH excluding ortho intramolecular Hbond substituents is 1. The van der Waals surface area contributed by atoms with Crippen LogP contribution in [0.5, 0.6) is 5.75 Å². The third kappa shape index (κ3) is 2.12. The minimum absolute atomic E-state index is 0.0941. The summed E-state index contributed by atoms with van der Waals surface area (Å²) in [6, 6.07) is 16.4. The van der Waals surface area contributed by atoms with Crippen LogP contribution in [0, 0.1) is 0 Å². The largest absolute Gasteiger partial charge is 0.508 e. The Morgan fingerprint density at radius 1 is 0.900 bits per heavy atom. The van der Waals surface area contributed by atoms with Crippen molar-refractivity contribution in [3.63, 3.8) is 0 Å². The number of rotatable bonds is 1. The van der Waals surface area contributed by atoms with Crippen LogP contribution < -0.4 is 0 Å². The molecule has 0 saturated heterocycles. The summed E-state index contributed by atoms with van der Waals surface area (Å²) < 4.78 is -0.0941. The fourth-order valence-electron chi connectivity index (χ4n) is 3.40. The summed E-state index contributed by atoms with van der Waals surface area (Å²) in [5.74, 6) is 0.401. The summed E-state index contributed by atoms with van der Waals surface area (Å²) in [7, 11) is 0. The molecule has 3 rings (SSSR count). The maximum absolute atomic E-state index is 10.2. The van der Waals surface area contributed by atoms with Crippen LogP contribution in [0.4, 0.5) is 0 Å². The van der Waals surface area contributed by atoms with E-state index in [0.29, 0.717) is 5.75 Å². The Kier molecular flexibility index (Phi) is 3.09. The molecule has 104 valence electrons. The Morgan fingerprint density at radius 3 is 2.20 bits per heavy atom. The smallest absolute Gasteiger partial charge is 0.120 e. The lowest BCUT2D eigenvalue weighted by atomic mass is 9.74. The number of hydrogen-bond acceptors (Lipinski definition) is 2. The van der Waals surface area contributed by atoms with Crippen molar-refractivity contribution in [3.8, 4) is 5.75 Å². The topological polar surface area (TPSA) is 20.2 Å². The van der Waals surface area contributed by atoms with E-state index in [4.69, 9.17) is 0 Å². The molecule has 1 unspecified atom stereocenters. The van der Waals surface area contributed by atoms with Crippen molar-refractivity contribution in [2.45, 2.75) is 42.2 Å². The van der Waals surface area contributed by atoms with Gasteiger partial charge in [-0.05, 0) is 36.5 Å². The highest BCUT2D eigenvalue weighted by molar-refractivity contribution is 8.00. The second-order valence-electron chi connectivity index (χ2n) is 6.41. The molecule has 2 aromatic rings. The van der Waals surface area contributed by atoms with E-state index in [0.717, 1.165) is 12.0 Å². The number of para-hydroxylation sites is 1. The molecule has 0 radical (unpaired) electrons. The average Bonchev–Trinajstić information content (AvgIpc) is 2.38. The van der Waals surface area contributed by atoms with E-state index < -0.39 is 0 Å². The van der Waals surface area contributed by atoms with Crippen LogP contribution in [-0.2, 0) is 10.2 Å². The van der Waals surface area contributed by atoms with Gasteiger partial charge in [-0.15, -0.1) is 11.8 Å². The van der Waals surface area contributed by atoms with Crippen LogP contribution in [0.2, 0.25) is 0 Å². The summed E-state index contributed by atoms with van der Waals surface area (Å²) in [5, 5.41) is 10.2. The Labute approximate surface area is 125 Å². The summed E-state index contributed by atoms with van der Waals surface area (Å²) >= 11 is 1.87. The first-order chi connectivity index (χ1) is 9.42. The molecule has 1 nitrogen and oxygen atoms in total. The van der Waals surface area contributed by atoms with E-state index in [-0.39, 0.29) is 10.2 Å². The van der Waals surface area contributed by atoms with Crippen LogP contribution >= 0.6 is 11.8 Å². The third-order valence-electron chi connectivity index (χ3n) is 4.20. The minimum Gasteiger partial charge on any atom is -0.508 e. The monoisotopic (exact) mass is 284 g/mol. The van der Waals surface area contributed by atoms with Crippen LogP contribution in [0.3, 0.4) is 0 Å². The van der Waals surface area contributed by atoms with Crippen LogP contribution in [0.15, 0.2) is 53.4 Å². The van der Waals surface area contributed by atoms with Crippen molar-refractivity contribution in [1.29, 1.82) is 0 Å². The van der Waals surface area contributed by atoms with Crippen molar-refractivity contribution in [1.82, 2.24) is 0 Å². The Morgan fingerprint density at radius 2 is 1.50 bits per heavy atom. The molecule has 1 heterocycles. The minimum atomic E-state index is -0.0941. The van der Waals surface area contributed by atoms with Crippen LogP contribution in [-0.4, -0.2) is 5.11 Å². The molecule has 1 aliphatic heterocycles. The second-order valence-corrected chi connectivity index (χ2v) is 7.95. The summed E-state index contributed by atoms with van der Waals surface area (Å²) in [5.41, 5.74) is 2.56. The summed E-state index contributed by atoms with van der Waals surface area (Å²) in [4.78, 5) is 1.33. The average molecular weight is 284 g/mol. The maximum Gasteiger partial charge on any atom is 0.120 e. The van der Waals surface area contributed by atoms with Crippen molar-refractivity contribution < 1.29 is 5.11 Å². The van der Waals surface area contributed by atoms with Crippen molar-refractivity contribution in [2.75, 3.05) is 0 Å². The van der Waals surface area contributed by atoms with Gasteiger partial charge < -0.3 is 5.11 Å². The lowest BCUT2D eigenvalue weighted by molar-refractivity contribution is 0.384. The molecule has 2 aromatic carbocycles. The van der Waals surface area contributed by atoms with E-state index in [1.165, 1.54) is 10.5 Å². The van der Waals surface area contributed by atoms with Crippen molar-refractivity contribution in [2.24, 2.45) is 0 Å². The van der Waals surface area contributed by atoms with Gasteiger partial charge in [-0.1, -0.05) is 50.2 Å². The summed E-state index contributed by atoms with van der Waals surface area (Å²) in [6.45, 7) is 6.83. The lowest BCUT2D eigenvalue weighted by Gasteiger charge is -2.44. The summed E-state index contributed by atoms with van der Waals surface area (Å²) in [6.07, 6.45) is 1.01. The third-order valence-corrected chi connectivity index (χ3v) is 5.60. The molecule has 1 N–H and O–H groups in total. The van der Waals surface area contributed by atoms with Crippen molar-refractivity contribution >= 4 is 11.8 Å². The first-order valence-electron chi connectivity index (χ1n) is 6.99. The number of benzene rings is 2. The van der Waals surface area contributed by atoms with Gasteiger partial charge in [0.05, 0.1) is 0 Å². The Hall–Kier alpha value is -1.41. The zero-order chi connectivity index (χ0) is 14.4. The number of fused-ring (bicyclic) bond motifs is 1. The molecule has 0 spiro atoms. The zero-order valence-electron chi connectivity index (χ0n) is 12.2. The van der Waals surface area contributed by atoms with Gasteiger partial charge >= 0.3 is 0 Å². The van der Waals surface area contributed by atoms with Crippen LogP contribution in [0.25, 0.3) is 0 Å². The molecule has 2 heteroatoms. The van der Waals surface area contributed by atoms with E-state index in [9.17, 15) is 5.11 Å². The standard InChI is InChI=1S/C18H20OS/c1-17(2)12-18(3,13-8-4-6-10-15(13)19)20-16-11-7-5-9-14(16)17/h4-11,19H,12H2,1-3H3. The fraction of sp³-hybridized carbons (Fsp3) is 0.333. The molecule has 0 fully saturated rings. The normalized spacial score (nSPS) is 24.1. The molecule has 0 bridgehead atoms. The SMILES string of the molecule is CC1(C)CC(C)(c2ccccc2O)Sc2ccccc21. The lowest BCUT2D eigenvalue weighted by Crippen LogP contribution is -2.34. The molecule has 20 heavy (non-hydrogen) atoms. The van der Waals surface area contributed by atoms with Gasteiger partial charge in [-0.25, -0.2) is 0 Å². The molecule has 0 aromatic heterocycles. The number of thioether (sulfide) groups is 1. The molecule has 1 aliphatic rings. The molecular weight excluding hydrogens is 264 g/mol. The zero-order valence-corrected chi connectivity index (χ0v) is 13.0. The van der Waals surface area contributed by atoms with Gasteiger partial charge in [-0.3, -0.25) is 0 Å². The molecule has 0 saturated carbocycles. The predicted molar refractivity (Wildman–Crippen MR) is 85.4 cm³/mol. The highest BCUT2D eigenvalue weighted by Crippen LogP contribution is 2.57.